The quantitative estimate of drug-likeness (QED) is 0.741. The standard InChI is InChI=1S/C12H15NO.C2H6/c1-4-9-6-13-7-10-5-11(8(2)3)14-12(9)10;1-2/h5-8H,4H2,1-3H3;1-2H3. The number of aromatic nitrogens is 1. The highest BCUT2D eigenvalue weighted by atomic mass is 16.3. The van der Waals surface area contributed by atoms with Crippen molar-refractivity contribution in [1.29, 1.82) is 0 Å². The average Bonchev–Trinajstić information content (AvgIpc) is 2.75. The Morgan fingerprint density at radius 3 is 2.50 bits per heavy atom. The molecule has 0 atom stereocenters. The van der Waals surface area contributed by atoms with E-state index in [9.17, 15) is 0 Å². The SMILES string of the molecule is CC.CCc1cncc2cc(C(C)C)oc12. The molecule has 0 unspecified atom stereocenters. The highest BCUT2D eigenvalue weighted by molar-refractivity contribution is 5.80. The summed E-state index contributed by atoms with van der Waals surface area (Å²) in [6.07, 6.45) is 4.72. The molecule has 0 aliphatic rings. The molecule has 2 heterocycles. The van der Waals surface area contributed by atoms with E-state index < -0.39 is 0 Å². The highest BCUT2D eigenvalue weighted by Crippen LogP contribution is 2.26. The number of aryl methyl sites for hydroxylation is 1. The molecule has 2 aromatic rings. The fraction of sp³-hybridized carbons (Fsp3) is 0.500. The van der Waals surface area contributed by atoms with Crippen molar-refractivity contribution in [2.45, 2.75) is 47.0 Å². The van der Waals surface area contributed by atoms with E-state index in [1.165, 1.54) is 5.56 Å². The van der Waals surface area contributed by atoms with Crippen molar-refractivity contribution in [2.24, 2.45) is 0 Å². The Hall–Kier alpha value is -1.31. The second-order valence-electron chi connectivity index (χ2n) is 3.87. The summed E-state index contributed by atoms with van der Waals surface area (Å²) in [5, 5.41) is 1.12. The maximum atomic E-state index is 5.81. The number of rotatable bonds is 2. The van der Waals surface area contributed by atoms with Gasteiger partial charge in [0, 0.05) is 29.3 Å². The smallest absolute Gasteiger partial charge is 0.140 e. The van der Waals surface area contributed by atoms with Gasteiger partial charge in [-0.15, -0.1) is 0 Å². The summed E-state index contributed by atoms with van der Waals surface area (Å²) >= 11 is 0. The van der Waals surface area contributed by atoms with E-state index in [-0.39, 0.29) is 0 Å². The Morgan fingerprint density at radius 2 is 1.94 bits per heavy atom. The Kier molecular flexibility index (Phi) is 4.53. The first-order chi connectivity index (χ1) is 7.72. The minimum Gasteiger partial charge on any atom is -0.460 e. The van der Waals surface area contributed by atoms with Gasteiger partial charge in [-0.2, -0.15) is 0 Å². The molecular formula is C14H21NO. The number of nitrogens with zero attached hydrogens (tertiary/aromatic N) is 1. The van der Waals surface area contributed by atoms with Crippen molar-refractivity contribution in [1.82, 2.24) is 4.98 Å². The van der Waals surface area contributed by atoms with Crippen LogP contribution in [0, 0.1) is 0 Å². The Labute approximate surface area is 97.7 Å². The number of pyridine rings is 1. The van der Waals surface area contributed by atoms with Gasteiger partial charge in [-0.05, 0) is 12.5 Å². The second kappa shape index (κ2) is 5.69. The molecule has 0 bridgehead atoms. The maximum Gasteiger partial charge on any atom is 0.140 e. The summed E-state index contributed by atoms with van der Waals surface area (Å²) in [5.74, 6) is 1.48. The molecule has 2 heteroatoms. The minimum atomic E-state index is 0.437. The topological polar surface area (TPSA) is 26.0 Å². The van der Waals surface area contributed by atoms with Crippen LogP contribution in [0.5, 0.6) is 0 Å². The van der Waals surface area contributed by atoms with E-state index in [1.54, 1.807) is 0 Å². The molecule has 0 aliphatic carbocycles. The lowest BCUT2D eigenvalue weighted by atomic mass is 10.1. The van der Waals surface area contributed by atoms with Gasteiger partial charge in [0.1, 0.15) is 11.3 Å². The highest BCUT2D eigenvalue weighted by Gasteiger charge is 2.09. The molecule has 0 aromatic carbocycles. The van der Waals surface area contributed by atoms with Crippen LogP contribution in [-0.2, 0) is 6.42 Å². The lowest BCUT2D eigenvalue weighted by Crippen LogP contribution is -1.82. The molecule has 16 heavy (non-hydrogen) atoms. The third-order valence-electron chi connectivity index (χ3n) is 2.47. The summed E-state index contributed by atoms with van der Waals surface area (Å²) in [7, 11) is 0. The maximum absolute atomic E-state index is 5.81. The molecule has 0 radical (unpaired) electrons. The number of fused-ring (bicyclic) bond motifs is 1. The zero-order valence-corrected chi connectivity index (χ0v) is 10.9. The van der Waals surface area contributed by atoms with Crippen LogP contribution < -0.4 is 0 Å². The largest absolute Gasteiger partial charge is 0.460 e. The number of hydrogen-bond donors (Lipinski definition) is 0. The predicted molar refractivity (Wildman–Crippen MR) is 68.8 cm³/mol. The van der Waals surface area contributed by atoms with Gasteiger partial charge in [0.25, 0.3) is 0 Å². The first kappa shape index (κ1) is 12.8. The molecule has 2 aromatic heterocycles. The van der Waals surface area contributed by atoms with Crippen molar-refractivity contribution in [3.63, 3.8) is 0 Å². The Morgan fingerprint density at radius 1 is 1.25 bits per heavy atom. The van der Waals surface area contributed by atoms with Gasteiger partial charge < -0.3 is 4.42 Å². The molecule has 0 amide bonds. The van der Waals surface area contributed by atoms with Gasteiger partial charge in [0.15, 0.2) is 0 Å². The van der Waals surface area contributed by atoms with Crippen LogP contribution in [0.25, 0.3) is 11.0 Å². The second-order valence-corrected chi connectivity index (χ2v) is 3.87. The van der Waals surface area contributed by atoms with Gasteiger partial charge in [0.2, 0.25) is 0 Å². The zero-order chi connectivity index (χ0) is 12.1. The predicted octanol–water partition coefficient (Wildman–Crippen LogP) is 4.54. The van der Waals surface area contributed by atoms with Crippen LogP contribution in [-0.4, -0.2) is 4.98 Å². The first-order valence-corrected chi connectivity index (χ1v) is 6.08. The number of hydrogen-bond acceptors (Lipinski definition) is 2. The summed E-state index contributed by atoms with van der Waals surface area (Å²) in [6.45, 7) is 10.4. The van der Waals surface area contributed by atoms with Crippen molar-refractivity contribution >= 4 is 11.0 Å². The van der Waals surface area contributed by atoms with Crippen LogP contribution >= 0.6 is 0 Å². The monoisotopic (exact) mass is 219 g/mol. The fourth-order valence-corrected chi connectivity index (χ4v) is 1.57. The summed E-state index contributed by atoms with van der Waals surface area (Å²) in [4.78, 5) is 4.20. The van der Waals surface area contributed by atoms with Crippen molar-refractivity contribution in [2.75, 3.05) is 0 Å². The molecule has 0 saturated heterocycles. The summed E-state index contributed by atoms with van der Waals surface area (Å²) in [5.41, 5.74) is 2.20. The lowest BCUT2D eigenvalue weighted by molar-refractivity contribution is 0.519. The van der Waals surface area contributed by atoms with Crippen LogP contribution in [0.1, 0.15) is 51.9 Å². The lowest BCUT2D eigenvalue weighted by Gasteiger charge is -1.98. The molecule has 2 rings (SSSR count). The molecule has 0 fully saturated rings. The van der Waals surface area contributed by atoms with Gasteiger partial charge >= 0.3 is 0 Å². The summed E-state index contributed by atoms with van der Waals surface area (Å²) in [6, 6.07) is 2.09. The average molecular weight is 219 g/mol. The van der Waals surface area contributed by atoms with Crippen LogP contribution in [0.2, 0.25) is 0 Å². The summed E-state index contributed by atoms with van der Waals surface area (Å²) < 4.78 is 5.81. The van der Waals surface area contributed by atoms with Gasteiger partial charge in [-0.1, -0.05) is 34.6 Å². The molecular weight excluding hydrogens is 198 g/mol. The molecule has 0 N–H and O–H groups in total. The van der Waals surface area contributed by atoms with Gasteiger partial charge in [-0.25, -0.2) is 0 Å². The Bertz CT molecular complexity index is 443. The molecule has 0 saturated carbocycles. The van der Waals surface area contributed by atoms with E-state index in [0.717, 1.165) is 23.2 Å². The van der Waals surface area contributed by atoms with E-state index in [1.807, 2.05) is 26.2 Å². The van der Waals surface area contributed by atoms with Crippen LogP contribution in [0.15, 0.2) is 22.9 Å². The zero-order valence-electron chi connectivity index (χ0n) is 10.9. The Balaban J connectivity index is 0.000000606. The number of furan rings is 1. The molecule has 0 spiro atoms. The molecule has 2 nitrogen and oxygen atoms in total. The van der Waals surface area contributed by atoms with Crippen molar-refractivity contribution < 1.29 is 4.42 Å². The van der Waals surface area contributed by atoms with E-state index >= 15 is 0 Å². The first-order valence-electron chi connectivity index (χ1n) is 6.08. The van der Waals surface area contributed by atoms with Crippen molar-refractivity contribution in [3.8, 4) is 0 Å². The third kappa shape index (κ3) is 2.43. The van der Waals surface area contributed by atoms with E-state index in [0.29, 0.717) is 5.92 Å². The van der Waals surface area contributed by atoms with E-state index in [2.05, 4.69) is 31.8 Å². The molecule has 88 valence electrons. The third-order valence-corrected chi connectivity index (χ3v) is 2.47. The van der Waals surface area contributed by atoms with Crippen molar-refractivity contribution in [3.05, 3.63) is 29.8 Å². The normalized spacial score (nSPS) is 10.4. The van der Waals surface area contributed by atoms with Gasteiger partial charge in [0.05, 0.1) is 0 Å². The van der Waals surface area contributed by atoms with E-state index in [4.69, 9.17) is 4.42 Å². The van der Waals surface area contributed by atoms with Gasteiger partial charge in [-0.3, -0.25) is 4.98 Å². The fourth-order valence-electron chi connectivity index (χ4n) is 1.57. The van der Waals surface area contributed by atoms with Crippen LogP contribution in [0.4, 0.5) is 0 Å². The van der Waals surface area contributed by atoms with Crippen LogP contribution in [0.3, 0.4) is 0 Å². The minimum absolute atomic E-state index is 0.437. The molecule has 0 aliphatic heterocycles.